The number of aliphatic hydroxyl groups excluding tert-OH is 1. The molecule has 2 aliphatic heterocycles. The Balaban J connectivity index is 1.41. The molecule has 1 amide bonds. The van der Waals surface area contributed by atoms with Gasteiger partial charge in [-0.25, -0.2) is 15.0 Å². The van der Waals surface area contributed by atoms with Gasteiger partial charge in [0.25, 0.3) is 5.91 Å². The van der Waals surface area contributed by atoms with E-state index in [1.165, 1.54) is 17.7 Å². The lowest BCUT2D eigenvalue weighted by molar-refractivity contribution is 0.0944. The lowest BCUT2D eigenvalue weighted by atomic mass is 9.98. The molecule has 2 aromatic heterocycles. The second-order valence-electron chi connectivity index (χ2n) is 7.82. The number of benzene rings is 1. The maximum Gasteiger partial charge on any atom is 0.280 e. The van der Waals surface area contributed by atoms with Crippen molar-refractivity contribution in [3.8, 4) is 0 Å². The topological polar surface area (TPSA) is 103 Å². The number of aromatic nitrogens is 3. The highest BCUT2D eigenvalue weighted by Crippen LogP contribution is 2.41. The molecule has 0 bridgehead atoms. The summed E-state index contributed by atoms with van der Waals surface area (Å²) in [7, 11) is 0. The van der Waals surface area contributed by atoms with Gasteiger partial charge in [-0.1, -0.05) is 29.5 Å². The van der Waals surface area contributed by atoms with Crippen LogP contribution in [0.4, 0.5) is 11.5 Å². The van der Waals surface area contributed by atoms with Gasteiger partial charge in [0.1, 0.15) is 16.7 Å². The minimum Gasteiger partial charge on any atom is -0.396 e. The average Bonchev–Trinajstić information content (AvgIpc) is 3.40. The van der Waals surface area contributed by atoms with Crippen LogP contribution in [0.1, 0.15) is 34.1 Å². The molecule has 4 heterocycles. The lowest BCUT2D eigenvalue weighted by Crippen LogP contribution is -2.35. The van der Waals surface area contributed by atoms with Gasteiger partial charge in [0.2, 0.25) is 0 Å². The number of thiazole rings is 1. The molecular formula is C21H24N6O2S. The van der Waals surface area contributed by atoms with Crippen molar-refractivity contribution in [2.45, 2.75) is 18.8 Å². The molecule has 8 nitrogen and oxygen atoms in total. The predicted molar refractivity (Wildman–Crippen MR) is 116 cm³/mol. The summed E-state index contributed by atoms with van der Waals surface area (Å²) < 4.78 is 0. The van der Waals surface area contributed by atoms with Crippen molar-refractivity contribution in [2.24, 2.45) is 5.92 Å². The molecule has 5 rings (SSSR count). The molecule has 9 heteroatoms. The van der Waals surface area contributed by atoms with E-state index in [2.05, 4.69) is 30.5 Å². The fraction of sp³-hybridized carbons (Fsp3) is 0.429. The number of hydrogen-bond acceptors (Lipinski definition) is 8. The van der Waals surface area contributed by atoms with Crippen molar-refractivity contribution in [1.82, 2.24) is 25.6 Å². The highest BCUT2D eigenvalue weighted by Gasteiger charge is 2.31. The number of piperidine rings is 1. The number of para-hydroxylation sites is 1. The van der Waals surface area contributed by atoms with Crippen LogP contribution in [0.3, 0.4) is 0 Å². The van der Waals surface area contributed by atoms with E-state index in [0.29, 0.717) is 40.2 Å². The molecule has 1 aromatic carbocycles. The first-order valence-corrected chi connectivity index (χ1v) is 11.1. The largest absolute Gasteiger partial charge is 0.396 e. The third kappa shape index (κ3) is 3.53. The van der Waals surface area contributed by atoms with Gasteiger partial charge in [-0.05, 0) is 43.5 Å². The van der Waals surface area contributed by atoms with E-state index in [4.69, 9.17) is 0 Å². The molecule has 0 saturated carbocycles. The summed E-state index contributed by atoms with van der Waals surface area (Å²) in [6, 6.07) is 8.02. The smallest absolute Gasteiger partial charge is 0.280 e. The maximum atomic E-state index is 12.7. The average molecular weight is 425 g/mol. The van der Waals surface area contributed by atoms with E-state index < -0.39 is 0 Å². The van der Waals surface area contributed by atoms with Gasteiger partial charge in [-0.15, -0.1) is 0 Å². The number of anilines is 2. The summed E-state index contributed by atoms with van der Waals surface area (Å²) in [6.07, 6.45) is 3.67. The number of nitrogens with one attached hydrogen (secondary N) is 2. The molecule has 0 aliphatic carbocycles. The van der Waals surface area contributed by atoms with Gasteiger partial charge in [0.15, 0.2) is 10.8 Å². The Morgan fingerprint density at radius 2 is 2.10 bits per heavy atom. The third-order valence-corrected chi connectivity index (χ3v) is 6.89. The number of nitrogens with zero attached hydrogens (tertiary/aromatic N) is 4. The molecule has 156 valence electrons. The van der Waals surface area contributed by atoms with Gasteiger partial charge < -0.3 is 20.6 Å². The second-order valence-corrected chi connectivity index (χ2v) is 8.80. The Morgan fingerprint density at radius 3 is 2.93 bits per heavy atom. The zero-order chi connectivity index (χ0) is 20.5. The lowest BCUT2D eigenvalue weighted by Gasteiger charge is -2.22. The summed E-state index contributed by atoms with van der Waals surface area (Å²) in [5.41, 5.74) is 2.74. The first-order chi connectivity index (χ1) is 14.7. The Kier molecular flexibility index (Phi) is 5.32. The molecule has 1 fully saturated rings. The minimum absolute atomic E-state index is 0.0256. The van der Waals surface area contributed by atoms with Gasteiger partial charge in [0, 0.05) is 24.7 Å². The number of fused-ring (bicyclic) bond motifs is 2. The molecule has 1 saturated heterocycles. The van der Waals surface area contributed by atoms with Crippen LogP contribution in [-0.2, 0) is 0 Å². The van der Waals surface area contributed by atoms with Crippen molar-refractivity contribution in [3.63, 3.8) is 0 Å². The Hall–Kier alpha value is -2.62. The van der Waals surface area contributed by atoms with Crippen molar-refractivity contribution in [1.29, 1.82) is 0 Å². The van der Waals surface area contributed by atoms with Crippen molar-refractivity contribution in [3.05, 3.63) is 41.2 Å². The van der Waals surface area contributed by atoms with E-state index in [9.17, 15) is 9.90 Å². The second kappa shape index (κ2) is 8.25. The highest BCUT2D eigenvalue weighted by molar-refractivity contribution is 7.19. The molecule has 2 aliphatic rings. The first kappa shape index (κ1) is 19.3. The fourth-order valence-electron chi connectivity index (χ4n) is 4.29. The zero-order valence-electron chi connectivity index (χ0n) is 16.5. The minimum atomic E-state index is -0.155. The van der Waals surface area contributed by atoms with E-state index in [1.54, 1.807) is 0 Å². The summed E-state index contributed by atoms with van der Waals surface area (Å²) in [4.78, 5) is 28.9. The van der Waals surface area contributed by atoms with Gasteiger partial charge in [-0.3, -0.25) is 4.79 Å². The monoisotopic (exact) mass is 424 g/mol. The zero-order valence-corrected chi connectivity index (χ0v) is 17.4. The van der Waals surface area contributed by atoms with Crippen LogP contribution < -0.4 is 15.5 Å². The van der Waals surface area contributed by atoms with Crippen LogP contribution in [0, 0.1) is 5.92 Å². The number of aliphatic hydroxyl groups is 1. The van der Waals surface area contributed by atoms with Crippen LogP contribution in [0.25, 0.3) is 10.3 Å². The first-order valence-electron chi connectivity index (χ1n) is 10.3. The number of hydrogen-bond donors (Lipinski definition) is 3. The molecule has 1 atom stereocenters. The third-order valence-electron chi connectivity index (χ3n) is 5.93. The quantitative estimate of drug-likeness (QED) is 0.576. The van der Waals surface area contributed by atoms with Crippen molar-refractivity contribution >= 4 is 39.1 Å². The predicted octanol–water partition coefficient (Wildman–Crippen LogP) is 2.04. The van der Waals surface area contributed by atoms with Crippen LogP contribution >= 0.6 is 11.3 Å². The molecule has 3 N–H and O–H groups in total. The highest BCUT2D eigenvalue weighted by atomic mass is 32.1. The van der Waals surface area contributed by atoms with E-state index in [-0.39, 0.29) is 18.4 Å². The van der Waals surface area contributed by atoms with Crippen LogP contribution in [0.15, 0.2) is 30.6 Å². The maximum absolute atomic E-state index is 12.7. The molecular weight excluding hydrogens is 400 g/mol. The summed E-state index contributed by atoms with van der Waals surface area (Å²) >= 11 is 1.29. The van der Waals surface area contributed by atoms with Crippen molar-refractivity contribution in [2.75, 3.05) is 37.7 Å². The molecule has 3 aromatic rings. The molecule has 0 radical (unpaired) electrons. The normalized spacial score (nSPS) is 19.2. The number of rotatable bonds is 5. The number of carbonyl (C=O) groups is 1. The molecule has 30 heavy (non-hydrogen) atoms. The SMILES string of the molecule is O=C(NCC1CCNCC1)c1nc2c(N3CC(CO)c4ccccc43)ncnc2s1. The molecule has 1 unspecified atom stereocenters. The number of carbonyl (C=O) groups excluding carboxylic acids is 1. The molecule has 0 spiro atoms. The Morgan fingerprint density at radius 1 is 1.27 bits per heavy atom. The van der Waals surface area contributed by atoms with E-state index in [0.717, 1.165) is 37.2 Å². The van der Waals surface area contributed by atoms with Gasteiger partial charge in [-0.2, -0.15) is 0 Å². The van der Waals surface area contributed by atoms with Crippen LogP contribution in [0.5, 0.6) is 0 Å². The van der Waals surface area contributed by atoms with E-state index in [1.807, 2.05) is 24.3 Å². The van der Waals surface area contributed by atoms with Crippen LogP contribution in [-0.4, -0.2) is 58.8 Å². The fourth-order valence-corrected chi connectivity index (χ4v) is 5.11. The van der Waals surface area contributed by atoms with Crippen molar-refractivity contribution < 1.29 is 9.90 Å². The summed E-state index contributed by atoms with van der Waals surface area (Å²) in [5, 5.41) is 16.6. The number of amides is 1. The standard InChI is InChI=1S/C21H24N6O2S/c28-11-14-10-27(16-4-2-1-3-15(14)16)18-17-20(25-12-24-18)30-21(26-17)19(29)23-9-13-5-7-22-8-6-13/h1-4,12-14,22,28H,5-11H2,(H,23,29). The Labute approximate surface area is 178 Å². The summed E-state index contributed by atoms with van der Waals surface area (Å²) in [5.74, 6) is 1.06. The van der Waals surface area contributed by atoms with Gasteiger partial charge >= 0.3 is 0 Å². The summed E-state index contributed by atoms with van der Waals surface area (Å²) in [6.45, 7) is 3.38. The van der Waals surface area contributed by atoms with Crippen LogP contribution in [0.2, 0.25) is 0 Å². The Bertz CT molecular complexity index is 1060. The van der Waals surface area contributed by atoms with E-state index >= 15 is 0 Å². The van der Waals surface area contributed by atoms with Gasteiger partial charge in [0.05, 0.1) is 6.61 Å².